The summed E-state index contributed by atoms with van der Waals surface area (Å²) in [6, 6.07) is 12.9. The van der Waals surface area contributed by atoms with Crippen molar-refractivity contribution >= 4 is 23.2 Å². The molecule has 30 heavy (non-hydrogen) atoms. The molecular formula is C24H31N3O2S. The van der Waals surface area contributed by atoms with Crippen LogP contribution in [0.5, 0.6) is 0 Å². The quantitative estimate of drug-likeness (QED) is 0.736. The first kappa shape index (κ1) is 21.1. The first-order valence-corrected chi connectivity index (χ1v) is 11.9. The lowest BCUT2D eigenvalue weighted by atomic mass is 9.93. The van der Waals surface area contributed by atoms with E-state index in [4.69, 9.17) is 0 Å². The minimum Gasteiger partial charge on any atom is -0.338 e. The van der Waals surface area contributed by atoms with Gasteiger partial charge in [-0.25, -0.2) is 0 Å². The molecule has 160 valence electrons. The Bertz CT molecular complexity index is 882. The van der Waals surface area contributed by atoms with Crippen LogP contribution >= 0.6 is 11.3 Å². The average molecular weight is 426 g/mol. The molecule has 0 saturated carbocycles. The number of hydrogen-bond donors (Lipinski definition) is 0. The van der Waals surface area contributed by atoms with E-state index in [0.29, 0.717) is 32.6 Å². The van der Waals surface area contributed by atoms with Gasteiger partial charge < -0.3 is 9.80 Å². The van der Waals surface area contributed by atoms with Crippen LogP contribution in [0.3, 0.4) is 0 Å². The highest BCUT2D eigenvalue weighted by molar-refractivity contribution is 7.10. The van der Waals surface area contributed by atoms with E-state index in [0.717, 1.165) is 19.4 Å². The maximum atomic E-state index is 13.2. The van der Waals surface area contributed by atoms with Crippen molar-refractivity contribution in [1.29, 1.82) is 0 Å². The Labute approximate surface area is 183 Å². The molecular weight excluding hydrogens is 394 g/mol. The van der Waals surface area contributed by atoms with E-state index >= 15 is 0 Å². The molecule has 1 aromatic heterocycles. The minimum absolute atomic E-state index is 0.0801. The molecule has 2 atom stereocenters. The average Bonchev–Trinajstić information content (AvgIpc) is 3.23. The molecule has 1 saturated heterocycles. The van der Waals surface area contributed by atoms with Crippen molar-refractivity contribution in [3.8, 4) is 0 Å². The number of piperazine rings is 1. The van der Waals surface area contributed by atoms with Crippen molar-refractivity contribution < 1.29 is 9.59 Å². The zero-order valence-electron chi connectivity index (χ0n) is 17.9. The fourth-order valence-electron chi connectivity index (χ4n) is 4.75. The molecule has 2 aliphatic heterocycles. The van der Waals surface area contributed by atoms with Gasteiger partial charge in [-0.05, 0) is 42.3 Å². The van der Waals surface area contributed by atoms with E-state index < -0.39 is 0 Å². The Morgan fingerprint density at radius 1 is 1.07 bits per heavy atom. The van der Waals surface area contributed by atoms with E-state index in [1.807, 2.05) is 34.1 Å². The summed E-state index contributed by atoms with van der Waals surface area (Å²) in [5.74, 6) is 0.381. The van der Waals surface area contributed by atoms with Gasteiger partial charge in [0.2, 0.25) is 11.8 Å². The summed E-state index contributed by atoms with van der Waals surface area (Å²) in [6.45, 7) is 7.30. The lowest BCUT2D eigenvalue weighted by Crippen LogP contribution is -2.57. The second kappa shape index (κ2) is 9.31. The highest BCUT2D eigenvalue weighted by Gasteiger charge is 2.34. The summed E-state index contributed by atoms with van der Waals surface area (Å²) in [4.78, 5) is 33.2. The van der Waals surface area contributed by atoms with Gasteiger partial charge in [0.05, 0.1) is 12.6 Å². The molecule has 0 bridgehead atoms. The minimum atomic E-state index is 0.0801. The fourth-order valence-corrected chi connectivity index (χ4v) is 5.65. The van der Waals surface area contributed by atoms with Gasteiger partial charge in [-0.3, -0.25) is 14.5 Å². The molecule has 4 rings (SSSR count). The Balaban J connectivity index is 1.46. The Kier molecular flexibility index (Phi) is 6.54. The number of benzene rings is 1. The van der Waals surface area contributed by atoms with Crippen LogP contribution < -0.4 is 0 Å². The SMILES string of the molecule is CCCC(=O)N1CCN(C(=O)CN2CCc3sccc3C2c2ccccc2)CC1C. The van der Waals surface area contributed by atoms with E-state index in [2.05, 4.69) is 47.5 Å². The Morgan fingerprint density at radius 3 is 2.60 bits per heavy atom. The van der Waals surface area contributed by atoms with E-state index in [1.165, 1.54) is 16.0 Å². The summed E-state index contributed by atoms with van der Waals surface area (Å²) in [5.41, 5.74) is 2.58. The molecule has 0 N–H and O–H groups in total. The molecule has 2 unspecified atom stereocenters. The van der Waals surface area contributed by atoms with Gasteiger partial charge in [-0.15, -0.1) is 11.3 Å². The molecule has 6 heteroatoms. The number of carbonyl (C=O) groups is 2. The highest BCUT2D eigenvalue weighted by atomic mass is 32.1. The standard InChI is InChI=1S/C24H31N3O2S/c1-3-7-22(28)27-14-13-25(16-18(27)2)23(29)17-26-12-10-21-20(11-15-30-21)24(26)19-8-5-4-6-9-19/h4-6,8-9,11,15,18,24H,3,7,10,12-14,16-17H2,1-2H3. The Morgan fingerprint density at radius 2 is 1.87 bits per heavy atom. The lowest BCUT2D eigenvalue weighted by Gasteiger charge is -2.42. The molecule has 5 nitrogen and oxygen atoms in total. The second-order valence-corrected chi connectivity index (χ2v) is 9.36. The van der Waals surface area contributed by atoms with Crippen molar-refractivity contribution in [1.82, 2.24) is 14.7 Å². The van der Waals surface area contributed by atoms with Crippen molar-refractivity contribution in [3.05, 3.63) is 57.8 Å². The molecule has 1 aromatic carbocycles. The lowest BCUT2D eigenvalue weighted by molar-refractivity contribution is -0.143. The van der Waals surface area contributed by atoms with Crippen LogP contribution in [0.4, 0.5) is 0 Å². The first-order chi connectivity index (χ1) is 14.6. The molecule has 1 fully saturated rings. The third kappa shape index (κ3) is 4.30. The van der Waals surface area contributed by atoms with Crippen LogP contribution in [0.15, 0.2) is 41.8 Å². The van der Waals surface area contributed by atoms with Crippen molar-refractivity contribution in [2.75, 3.05) is 32.7 Å². The maximum absolute atomic E-state index is 13.2. The number of fused-ring (bicyclic) bond motifs is 1. The zero-order chi connectivity index (χ0) is 21.1. The maximum Gasteiger partial charge on any atom is 0.236 e. The number of amides is 2. The highest BCUT2D eigenvalue weighted by Crippen LogP contribution is 2.37. The summed E-state index contributed by atoms with van der Waals surface area (Å²) in [5, 5.41) is 2.17. The topological polar surface area (TPSA) is 43.9 Å². The largest absolute Gasteiger partial charge is 0.338 e. The van der Waals surface area contributed by atoms with Gasteiger partial charge in [-0.1, -0.05) is 37.3 Å². The fraction of sp³-hybridized carbons (Fsp3) is 0.500. The predicted octanol–water partition coefficient (Wildman–Crippen LogP) is 3.56. The summed E-state index contributed by atoms with van der Waals surface area (Å²) < 4.78 is 0. The number of thiophene rings is 1. The van der Waals surface area contributed by atoms with E-state index in [-0.39, 0.29) is 23.9 Å². The molecule has 2 amide bonds. The van der Waals surface area contributed by atoms with Gasteiger partial charge in [0.1, 0.15) is 0 Å². The monoisotopic (exact) mass is 425 g/mol. The zero-order valence-corrected chi connectivity index (χ0v) is 18.7. The van der Waals surface area contributed by atoms with E-state index in [9.17, 15) is 9.59 Å². The number of nitrogens with zero attached hydrogens (tertiary/aromatic N) is 3. The number of hydrogen-bond acceptors (Lipinski definition) is 4. The van der Waals surface area contributed by atoms with Crippen LogP contribution in [-0.4, -0.2) is 65.3 Å². The predicted molar refractivity (Wildman–Crippen MR) is 121 cm³/mol. The van der Waals surface area contributed by atoms with Crippen LogP contribution in [0.2, 0.25) is 0 Å². The van der Waals surface area contributed by atoms with E-state index in [1.54, 1.807) is 0 Å². The Hall–Kier alpha value is -2.18. The second-order valence-electron chi connectivity index (χ2n) is 8.36. The van der Waals surface area contributed by atoms with Gasteiger partial charge in [0.15, 0.2) is 0 Å². The van der Waals surface area contributed by atoms with Gasteiger partial charge in [-0.2, -0.15) is 0 Å². The molecule has 2 aromatic rings. The van der Waals surface area contributed by atoms with Crippen LogP contribution in [0.1, 0.15) is 48.7 Å². The van der Waals surface area contributed by atoms with Gasteiger partial charge >= 0.3 is 0 Å². The normalized spacial score (nSPS) is 22.1. The molecule has 0 spiro atoms. The molecule has 2 aliphatic rings. The molecule has 0 aliphatic carbocycles. The van der Waals surface area contributed by atoms with Crippen molar-refractivity contribution in [2.45, 2.75) is 45.2 Å². The van der Waals surface area contributed by atoms with Crippen LogP contribution in [-0.2, 0) is 16.0 Å². The molecule has 3 heterocycles. The van der Waals surface area contributed by atoms with Crippen LogP contribution in [0, 0.1) is 0 Å². The number of carbonyl (C=O) groups excluding carboxylic acids is 2. The van der Waals surface area contributed by atoms with Gasteiger partial charge in [0.25, 0.3) is 0 Å². The van der Waals surface area contributed by atoms with Crippen LogP contribution in [0.25, 0.3) is 0 Å². The third-order valence-corrected chi connectivity index (χ3v) is 7.28. The smallest absolute Gasteiger partial charge is 0.236 e. The van der Waals surface area contributed by atoms with Crippen molar-refractivity contribution in [3.63, 3.8) is 0 Å². The summed E-state index contributed by atoms with van der Waals surface area (Å²) in [6.07, 6.45) is 2.46. The summed E-state index contributed by atoms with van der Waals surface area (Å²) >= 11 is 1.82. The number of rotatable bonds is 5. The third-order valence-electron chi connectivity index (χ3n) is 6.28. The molecule has 0 radical (unpaired) electrons. The van der Waals surface area contributed by atoms with Gasteiger partial charge in [0, 0.05) is 43.5 Å². The first-order valence-electron chi connectivity index (χ1n) is 11.0. The summed E-state index contributed by atoms with van der Waals surface area (Å²) in [7, 11) is 0. The van der Waals surface area contributed by atoms with Crippen molar-refractivity contribution in [2.24, 2.45) is 0 Å².